The van der Waals surface area contributed by atoms with Gasteiger partial charge in [-0.3, -0.25) is 9.69 Å². The average molecular weight is 369 g/mol. The molecule has 0 aromatic heterocycles. The smallest absolute Gasteiger partial charge is 0.236 e. The fraction of sp³-hybridized carbons (Fsp3) is 0.938. The quantitative estimate of drug-likeness (QED) is 0.767. The van der Waals surface area contributed by atoms with Crippen molar-refractivity contribution in [2.75, 3.05) is 66.0 Å². The van der Waals surface area contributed by atoms with Crippen molar-refractivity contribution < 1.29 is 4.79 Å². The molecule has 0 aromatic carbocycles. The number of hydrogen-bond acceptors (Lipinski definition) is 4. The van der Waals surface area contributed by atoms with E-state index < -0.39 is 0 Å². The lowest BCUT2D eigenvalue weighted by molar-refractivity contribution is -0.134. The Morgan fingerprint density at radius 1 is 1.00 bits per heavy atom. The third-order valence-corrected chi connectivity index (χ3v) is 5.04. The van der Waals surface area contributed by atoms with Gasteiger partial charge in [-0.25, -0.2) is 0 Å². The van der Waals surface area contributed by atoms with Crippen LogP contribution < -0.4 is 5.32 Å². The van der Waals surface area contributed by atoms with Gasteiger partial charge in [0.2, 0.25) is 5.91 Å². The maximum atomic E-state index is 12.4. The minimum atomic E-state index is 0. The number of amides is 1. The molecule has 1 N–H and O–H groups in total. The fourth-order valence-corrected chi connectivity index (χ4v) is 3.37. The lowest BCUT2D eigenvalue weighted by Crippen LogP contribution is -2.50. The maximum absolute atomic E-state index is 12.4. The van der Waals surface area contributed by atoms with Crippen LogP contribution in [0.5, 0.6) is 0 Å². The Balaban J connectivity index is 0.00000242. The van der Waals surface area contributed by atoms with Crippen molar-refractivity contribution in [2.45, 2.75) is 26.2 Å². The number of nitrogens with zero attached hydrogens (tertiary/aromatic N) is 3. The van der Waals surface area contributed by atoms with Crippen LogP contribution in [0.25, 0.3) is 0 Å². The molecule has 0 radical (unpaired) electrons. The van der Waals surface area contributed by atoms with Gasteiger partial charge in [0.25, 0.3) is 0 Å². The summed E-state index contributed by atoms with van der Waals surface area (Å²) in [5, 5.41) is 3.22. The summed E-state index contributed by atoms with van der Waals surface area (Å²) in [6.45, 7) is 11.3. The van der Waals surface area contributed by atoms with Gasteiger partial charge >= 0.3 is 0 Å². The highest BCUT2D eigenvalue weighted by Crippen LogP contribution is 2.20. The molecule has 2 saturated heterocycles. The third-order valence-electron chi connectivity index (χ3n) is 5.04. The molecule has 1 amide bonds. The number of halogens is 2. The van der Waals surface area contributed by atoms with E-state index in [9.17, 15) is 4.79 Å². The summed E-state index contributed by atoms with van der Waals surface area (Å²) >= 11 is 0. The van der Waals surface area contributed by atoms with E-state index in [1.807, 2.05) is 7.05 Å². The van der Waals surface area contributed by atoms with Crippen LogP contribution in [-0.2, 0) is 4.79 Å². The summed E-state index contributed by atoms with van der Waals surface area (Å²) in [5.74, 6) is 1.14. The van der Waals surface area contributed by atoms with Gasteiger partial charge in [0.15, 0.2) is 0 Å². The number of likely N-dealkylation sites (tertiary alicyclic amines) is 1. The summed E-state index contributed by atoms with van der Waals surface area (Å²) in [7, 11) is 2.01. The molecular formula is C16H34Cl2N4O. The first-order chi connectivity index (χ1) is 10.2. The number of piperidine rings is 1. The van der Waals surface area contributed by atoms with Crippen molar-refractivity contribution in [3.63, 3.8) is 0 Å². The fourth-order valence-electron chi connectivity index (χ4n) is 3.37. The van der Waals surface area contributed by atoms with Gasteiger partial charge in [-0.05, 0) is 45.3 Å². The SMILES string of the molecule is CCN1CCN(CC(=O)N2CCC(CCNC)CC2)CC1.Cl.Cl. The van der Waals surface area contributed by atoms with E-state index in [1.165, 1.54) is 19.3 Å². The molecule has 0 unspecified atom stereocenters. The van der Waals surface area contributed by atoms with Crippen molar-refractivity contribution in [3.8, 4) is 0 Å². The molecule has 2 heterocycles. The monoisotopic (exact) mass is 368 g/mol. The van der Waals surface area contributed by atoms with Gasteiger partial charge in [0, 0.05) is 39.3 Å². The van der Waals surface area contributed by atoms with Crippen LogP contribution >= 0.6 is 24.8 Å². The second-order valence-corrected chi connectivity index (χ2v) is 6.43. The zero-order valence-electron chi connectivity index (χ0n) is 14.6. The zero-order valence-corrected chi connectivity index (χ0v) is 16.3. The van der Waals surface area contributed by atoms with E-state index in [0.717, 1.165) is 58.3 Å². The topological polar surface area (TPSA) is 38.8 Å². The van der Waals surface area contributed by atoms with Crippen LogP contribution in [0.15, 0.2) is 0 Å². The van der Waals surface area contributed by atoms with Crippen LogP contribution in [0, 0.1) is 5.92 Å². The molecule has 2 fully saturated rings. The van der Waals surface area contributed by atoms with Crippen molar-refractivity contribution in [3.05, 3.63) is 0 Å². The second kappa shape index (κ2) is 12.3. The molecule has 2 aliphatic heterocycles. The van der Waals surface area contributed by atoms with Gasteiger partial charge < -0.3 is 15.1 Å². The standard InChI is InChI=1S/C16H32N4O.2ClH/c1-3-18-10-12-19(13-11-18)14-16(21)20-8-5-15(6-9-20)4-7-17-2;;/h15,17H,3-14H2,1-2H3;2*1H. The Morgan fingerprint density at radius 3 is 2.09 bits per heavy atom. The van der Waals surface area contributed by atoms with Crippen molar-refractivity contribution >= 4 is 30.7 Å². The predicted molar refractivity (Wildman–Crippen MR) is 101 cm³/mol. The van der Waals surface area contributed by atoms with E-state index >= 15 is 0 Å². The molecular weight excluding hydrogens is 335 g/mol. The summed E-state index contributed by atoms with van der Waals surface area (Å²) in [6, 6.07) is 0. The van der Waals surface area contributed by atoms with Crippen LogP contribution in [0.4, 0.5) is 0 Å². The lowest BCUT2D eigenvalue weighted by Gasteiger charge is -2.36. The Labute approximate surface area is 153 Å². The van der Waals surface area contributed by atoms with Gasteiger partial charge in [-0.15, -0.1) is 24.8 Å². The van der Waals surface area contributed by atoms with Crippen molar-refractivity contribution in [1.82, 2.24) is 20.0 Å². The van der Waals surface area contributed by atoms with Crippen LogP contribution in [0.1, 0.15) is 26.2 Å². The molecule has 138 valence electrons. The number of rotatable bonds is 6. The highest BCUT2D eigenvalue weighted by molar-refractivity contribution is 5.85. The van der Waals surface area contributed by atoms with Crippen LogP contribution in [0.2, 0.25) is 0 Å². The first-order valence-corrected chi connectivity index (χ1v) is 8.60. The van der Waals surface area contributed by atoms with E-state index in [2.05, 4.69) is 26.9 Å². The minimum absolute atomic E-state index is 0. The molecule has 0 saturated carbocycles. The van der Waals surface area contributed by atoms with Gasteiger partial charge in [0.1, 0.15) is 0 Å². The summed E-state index contributed by atoms with van der Waals surface area (Å²) in [4.78, 5) is 19.3. The first kappa shape index (κ1) is 22.9. The molecule has 2 rings (SSSR count). The number of piperazine rings is 1. The number of nitrogens with one attached hydrogen (secondary N) is 1. The van der Waals surface area contributed by atoms with E-state index in [1.54, 1.807) is 0 Å². The molecule has 0 bridgehead atoms. The normalized spacial score (nSPS) is 20.7. The summed E-state index contributed by atoms with van der Waals surface area (Å²) in [5.41, 5.74) is 0. The molecule has 5 nitrogen and oxygen atoms in total. The van der Waals surface area contributed by atoms with Crippen LogP contribution in [0.3, 0.4) is 0 Å². The second-order valence-electron chi connectivity index (χ2n) is 6.43. The highest BCUT2D eigenvalue weighted by atomic mass is 35.5. The predicted octanol–water partition coefficient (Wildman–Crippen LogP) is 1.32. The minimum Gasteiger partial charge on any atom is -0.342 e. The Kier molecular flexibility index (Phi) is 12.3. The van der Waals surface area contributed by atoms with Gasteiger partial charge in [-0.1, -0.05) is 6.92 Å². The maximum Gasteiger partial charge on any atom is 0.236 e. The third kappa shape index (κ3) is 7.57. The van der Waals surface area contributed by atoms with E-state index in [4.69, 9.17) is 0 Å². The molecule has 0 aromatic rings. The van der Waals surface area contributed by atoms with Gasteiger partial charge in [-0.2, -0.15) is 0 Å². The van der Waals surface area contributed by atoms with Crippen LogP contribution in [-0.4, -0.2) is 86.6 Å². The molecule has 0 aliphatic carbocycles. The Hall–Kier alpha value is -0.0700. The molecule has 2 aliphatic rings. The zero-order chi connectivity index (χ0) is 15.1. The largest absolute Gasteiger partial charge is 0.342 e. The summed E-state index contributed by atoms with van der Waals surface area (Å²) in [6.07, 6.45) is 3.60. The number of carbonyl (C=O) groups is 1. The van der Waals surface area contributed by atoms with E-state index in [-0.39, 0.29) is 24.8 Å². The Morgan fingerprint density at radius 2 is 1.57 bits per heavy atom. The Bertz CT molecular complexity index is 317. The molecule has 0 spiro atoms. The highest BCUT2D eigenvalue weighted by Gasteiger charge is 2.25. The molecule has 23 heavy (non-hydrogen) atoms. The van der Waals surface area contributed by atoms with E-state index in [0.29, 0.717) is 12.5 Å². The van der Waals surface area contributed by atoms with Crippen molar-refractivity contribution in [2.24, 2.45) is 5.92 Å². The average Bonchev–Trinajstić information content (AvgIpc) is 2.54. The summed E-state index contributed by atoms with van der Waals surface area (Å²) < 4.78 is 0. The number of hydrogen-bond donors (Lipinski definition) is 1. The lowest BCUT2D eigenvalue weighted by atomic mass is 9.93. The number of likely N-dealkylation sites (N-methyl/N-ethyl adjacent to an activating group) is 1. The first-order valence-electron chi connectivity index (χ1n) is 8.60. The van der Waals surface area contributed by atoms with Gasteiger partial charge in [0.05, 0.1) is 6.54 Å². The van der Waals surface area contributed by atoms with Crippen molar-refractivity contribution in [1.29, 1.82) is 0 Å². The number of carbonyl (C=O) groups excluding carboxylic acids is 1. The molecule has 0 atom stereocenters. The molecule has 7 heteroatoms.